The number of nitrogens with zero attached hydrogens (tertiary/aromatic N) is 2. The average molecular weight is 540 g/mol. The van der Waals surface area contributed by atoms with Gasteiger partial charge >= 0.3 is 0 Å². The first-order valence-electron chi connectivity index (χ1n) is 10.5. The van der Waals surface area contributed by atoms with Gasteiger partial charge in [0.15, 0.2) is 17.1 Å². The number of benzene rings is 3. The minimum Gasteiger partial charge on any atom is -0.490 e. The number of hydrazone groups is 1. The minimum atomic E-state index is -0.261. The van der Waals surface area contributed by atoms with E-state index < -0.39 is 0 Å². The quantitative estimate of drug-likeness (QED) is 0.155. The first-order valence-corrected chi connectivity index (χ1v) is 12.3. The van der Waals surface area contributed by atoms with Crippen LogP contribution in [0.15, 0.2) is 85.9 Å². The van der Waals surface area contributed by atoms with Gasteiger partial charge < -0.3 is 13.9 Å². The third-order valence-electron chi connectivity index (χ3n) is 4.58. The van der Waals surface area contributed by atoms with Gasteiger partial charge in [0.2, 0.25) is 0 Å². The fraction of sp³-hybridized carbons (Fsp3) is 0.160. The highest BCUT2D eigenvalue weighted by Gasteiger charge is 2.09. The van der Waals surface area contributed by atoms with E-state index in [2.05, 4.69) is 31.4 Å². The molecule has 174 valence electrons. The van der Waals surface area contributed by atoms with Crippen molar-refractivity contribution >= 4 is 50.9 Å². The molecule has 0 spiro atoms. The summed E-state index contributed by atoms with van der Waals surface area (Å²) in [5, 5.41) is 4.48. The Bertz CT molecular complexity index is 1260. The van der Waals surface area contributed by atoms with E-state index in [4.69, 9.17) is 13.9 Å². The van der Waals surface area contributed by atoms with Gasteiger partial charge in [0, 0.05) is 4.47 Å². The van der Waals surface area contributed by atoms with E-state index in [0.717, 1.165) is 21.1 Å². The van der Waals surface area contributed by atoms with E-state index in [1.165, 1.54) is 11.8 Å². The van der Waals surface area contributed by atoms with Crippen LogP contribution >= 0.6 is 27.7 Å². The van der Waals surface area contributed by atoms with Gasteiger partial charge in [-0.25, -0.2) is 10.4 Å². The molecule has 1 N–H and O–H groups in total. The van der Waals surface area contributed by atoms with Gasteiger partial charge in [-0.1, -0.05) is 52.0 Å². The van der Waals surface area contributed by atoms with Gasteiger partial charge in [-0.05, 0) is 60.5 Å². The zero-order valence-electron chi connectivity index (χ0n) is 18.4. The van der Waals surface area contributed by atoms with Crippen LogP contribution in [0.25, 0.3) is 11.1 Å². The lowest BCUT2D eigenvalue weighted by Crippen LogP contribution is -2.19. The standard InChI is InChI=1S/C25H22BrN3O4S/c1-2-31-23-13-18(9-12-22(23)32-15-17-7-10-19(26)11-8-17)14-27-29-24(30)16-34-25-28-20-5-3-4-6-21(20)33-25/h3-14H,2,15-16H2,1H3,(H,29,30)/b27-14-. The molecule has 0 saturated heterocycles. The smallest absolute Gasteiger partial charge is 0.257 e. The van der Waals surface area contributed by atoms with E-state index in [0.29, 0.717) is 35.5 Å². The summed E-state index contributed by atoms with van der Waals surface area (Å²) in [6.45, 7) is 2.83. The molecule has 1 amide bonds. The molecule has 0 atom stereocenters. The van der Waals surface area contributed by atoms with Crippen molar-refractivity contribution in [1.82, 2.24) is 10.4 Å². The molecule has 1 aromatic heterocycles. The Hall–Kier alpha value is -3.30. The molecule has 0 bridgehead atoms. The molecular formula is C25H22BrN3O4S. The highest BCUT2D eigenvalue weighted by molar-refractivity contribution is 9.10. The van der Waals surface area contributed by atoms with Crippen LogP contribution in [0, 0.1) is 0 Å². The van der Waals surface area contributed by atoms with Crippen LogP contribution in [-0.4, -0.2) is 29.5 Å². The Morgan fingerprint density at radius 3 is 2.74 bits per heavy atom. The van der Waals surface area contributed by atoms with Crippen LogP contribution in [0.4, 0.5) is 0 Å². The molecule has 1 heterocycles. The predicted molar refractivity (Wildman–Crippen MR) is 137 cm³/mol. The van der Waals surface area contributed by atoms with Gasteiger partial charge in [-0.2, -0.15) is 5.10 Å². The highest BCUT2D eigenvalue weighted by Crippen LogP contribution is 2.29. The maximum Gasteiger partial charge on any atom is 0.257 e. The van der Waals surface area contributed by atoms with E-state index in [9.17, 15) is 4.79 Å². The first-order chi connectivity index (χ1) is 16.6. The maximum absolute atomic E-state index is 12.1. The maximum atomic E-state index is 12.1. The summed E-state index contributed by atoms with van der Waals surface area (Å²) in [7, 11) is 0. The fourth-order valence-corrected chi connectivity index (χ4v) is 3.88. The van der Waals surface area contributed by atoms with E-state index in [1.807, 2.05) is 73.7 Å². The van der Waals surface area contributed by atoms with Crippen molar-refractivity contribution in [3.8, 4) is 11.5 Å². The second-order valence-corrected chi connectivity index (χ2v) is 8.93. The van der Waals surface area contributed by atoms with Crippen molar-refractivity contribution in [1.29, 1.82) is 0 Å². The molecule has 0 aliphatic carbocycles. The molecule has 0 fully saturated rings. The SMILES string of the molecule is CCOc1cc(/C=N\NC(=O)CSc2nc3ccccc3o2)ccc1OCc1ccc(Br)cc1. The summed E-state index contributed by atoms with van der Waals surface area (Å²) in [4.78, 5) is 16.5. The second-order valence-electron chi connectivity index (χ2n) is 7.08. The Morgan fingerprint density at radius 2 is 1.94 bits per heavy atom. The van der Waals surface area contributed by atoms with Crippen LogP contribution in [-0.2, 0) is 11.4 Å². The predicted octanol–water partition coefficient (Wildman–Crippen LogP) is 5.81. The summed E-state index contributed by atoms with van der Waals surface area (Å²) in [5.41, 5.74) is 5.79. The first kappa shape index (κ1) is 23.8. The largest absolute Gasteiger partial charge is 0.490 e. The van der Waals surface area contributed by atoms with Gasteiger partial charge in [-0.15, -0.1) is 0 Å². The van der Waals surface area contributed by atoms with Crippen LogP contribution in [0.2, 0.25) is 0 Å². The van der Waals surface area contributed by atoms with Crippen molar-refractivity contribution in [2.24, 2.45) is 5.10 Å². The third kappa shape index (κ3) is 6.61. The average Bonchev–Trinajstić information content (AvgIpc) is 3.27. The van der Waals surface area contributed by atoms with Crippen molar-refractivity contribution in [3.05, 3.63) is 82.3 Å². The van der Waals surface area contributed by atoms with E-state index >= 15 is 0 Å². The van der Waals surface area contributed by atoms with Gasteiger partial charge in [0.05, 0.1) is 18.6 Å². The number of oxazole rings is 1. The Morgan fingerprint density at radius 1 is 1.12 bits per heavy atom. The molecule has 4 aromatic rings. The van der Waals surface area contributed by atoms with E-state index in [1.54, 1.807) is 6.21 Å². The molecule has 9 heteroatoms. The third-order valence-corrected chi connectivity index (χ3v) is 5.94. The molecule has 0 saturated carbocycles. The van der Waals surface area contributed by atoms with Crippen LogP contribution in [0.1, 0.15) is 18.1 Å². The number of hydrogen-bond acceptors (Lipinski definition) is 7. The Balaban J connectivity index is 1.31. The van der Waals surface area contributed by atoms with Crippen LogP contribution in [0.5, 0.6) is 11.5 Å². The minimum absolute atomic E-state index is 0.136. The summed E-state index contributed by atoms with van der Waals surface area (Å²) in [6, 6.07) is 20.9. The van der Waals surface area contributed by atoms with Gasteiger partial charge in [-0.3, -0.25) is 4.79 Å². The summed E-state index contributed by atoms with van der Waals surface area (Å²) >= 11 is 4.64. The lowest BCUT2D eigenvalue weighted by Gasteiger charge is -2.12. The Kier molecular flexibility index (Phi) is 8.21. The van der Waals surface area contributed by atoms with E-state index in [-0.39, 0.29) is 11.7 Å². The van der Waals surface area contributed by atoms with Crippen LogP contribution < -0.4 is 14.9 Å². The number of hydrogen-bond donors (Lipinski definition) is 1. The van der Waals surface area contributed by atoms with Crippen LogP contribution in [0.3, 0.4) is 0 Å². The number of fused-ring (bicyclic) bond motifs is 1. The molecule has 0 aliphatic heterocycles. The molecule has 0 unspecified atom stereocenters. The van der Waals surface area contributed by atoms with Gasteiger partial charge in [0.25, 0.3) is 11.1 Å². The number of rotatable bonds is 10. The fourth-order valence-electron chi connectivity index (χ4n) is 2.99. The molecule has 4 rings (SSSR count). The highest BCUT2D eigenvalue weighted by atomic mass is 79.9. The van der Waals surface area contributed by atoms with Crippen molar-refractivity contribution < 1.29 is 18.7 Å². The number of ether oxygens (including phenoxy) is 2. The van der Waals surface area contributed by atoms with Crippen molar-refractivity contribution in [2.75, 3.05) is 12.4 Å². The Labute approximate surface area is 209 Å². The molecule has 0 radical (unpaired) electrons. The number of nitrogens with one attached hydrogen (secondary N) is 1. The number of carbonyl (C=O) groups is 1. The molecule has 7 nitrogen and oxygen atoms in total. The molecule has 3 aromatic carbocycles. The summed E-state index contributed by atoms with van der Waals surface area (Å²) in [6.07, 6.45) is 1.56. The summed E-state index contributed by atoms with van der Waals surface area (Å²) < 4.78 is 18.3. The number of carbonyl (C=O) groups excluding carboxylic acids is 1. The number of aromatic nitrogens is 1. The second kappa shape index (κ2) is 11.7. The monoisotopic (exact) mass is 539 g/mol. The topological polar surface area (TPSA) is 86.0 Å². The molecule has 34 heavy (non-hydrogen) atoms. The lowest BCUT2D eigenvalue weighted by molar-refractivity contribution is -0.118. The van der Waals surface area contributed by atoms with Gasteiger partial charge in [0.1, 0.15) is 12.1 Å². The summed E-state index contributed by atoms with van der Waals surface area (Å²) in [5.74, 6) is 1.13. The van der Waals surface area contributed by atoms with Crippen molar-refractivity contribution in [3.63, 3.8) is 0 Å². The van der Waals surface area contributed by atoms with Crippen molar-refractivity contribution in [2.45, 2.75) is 18.8 Å². The number of halogens is 1. The molecule has 0 aliphatic rings. The molecular weight excluding hydrogens is 518 g/mol. The normalized spacial score (nSPS) is 11.1. The number of para-hydroxylation sites is 2. The lowest BCUT2D eigenvalue weighted by atomic mass is 10.2. The number of thioether (sulfide) groups is 1. The zero-order chi connectivity index (χ0) is 23.8. The number of amides is 1. The zero-order valence-corrected chi connectivity index (χ0v) is 20.8.